The highest BCUT2D eigenvalue weighted by Crippen LogP contribution is 2.50. The average Bonchev–Trinajstić information content (AvgIpc) is 0.820. The fourth-order valence-corrected chi connectivity index (χ4v) is 9.70. The average molecular weight is 2100 g/mol. The van der Waals surface area contributed by atoms with Gasteiger partial charge in [-0.25, -0.2) is 63.5 Å². The standard InChI is InChI=1S/C8H3Cl5O3.C8H3Cl5O2.C8H4F5NO2.C8H3F5O3.C8H3F5O2.2C8H7NO5.2C8H7NO4/c1-15-8(14)16-7-5(12)3(10)2(9)4(11)6(7)13;1-2(14)15-8-6(12)4(10)3(9)5(11)7(8)13;1-14-8(15)16-7-5(12)3(10)2(9)4(11)6(7)13;1-15-8(14)16-7-5(12)3(10)2(9)4(11)6(7)13;1-2(14)15-8-6(12)4(10)3(9)5(11)7(8)13;1-13-8(10)14-7-4-2-6(3-5-7)9(11)12;1-13-8(10)14-7-5-3-2-4-6(7)9(11)12;1-6(10)13-8-4-2-7(3-5-8)9(11)12;1-6(10)13-8-5-3-2-4-7(8)9(11)12/h1H3;1H3;1H3,(H,14,15);1H3;1H3;2*2-5H,1H3;2*2-5H,1H3. The van der Waals surface area contributed by atoms with Gasteiger partial charge in [-0.2, -0.15) is 26.3 Å². The number of hydrogen-bond acceptors (Lipinski definition) is 30. The van der Waals surface area contributed by atoms with E-state index < -0.39 is 179 Å². The first kappa shape index (κ1) is 117. The Morgan fingerprint density at radius 2 is 0.485 bits per heavy atom. The van der Waals surface area contributed by atoms with Crippen LogP contribution in [0.2, 0.25) is 50.2 Å². The van der Waals surface area contributed by atoms with E-state index in [9.17, 15) is 149 Å². The van der Waals surface area contributed by atoms with Gasteiger partial charge in [0, 0.05) is 71.1 Å². The highest BCUT2D eigenvalue weighted by molar-refractivity contribution is 6.57. The second-order valence-corrected chi connectivity index (χ2v) is 25.5. The lowest BCUT2D eigenvalue weighted by Gasteiger charge is -2.11. The largest absolute Gasteiger partial charge is 0.513 e. The minimum Gasteiger partial charge on any atom is -0.437 e. The number of halogens is 25. The van der Waals surface area contributed by atoms with Gasteiger partial charge in [0.15, 0.2) is 11.5 Å². The number of carbonyl (C=O) groups is 9. The van der Waals surface area contributed by atoms with Crippen molar-refractivity contribution in [3.05, 3.63) is 275 Å². The summed E-state index contributed by atoms with van der Waals surface area (Å²) in [5, 5.41) is 42.7. The Morgan fingerprint density at radius 3 is 0.758 bits per heavy atom. The van der Waals surface area contributed by atoms with Crippen molar-refractivity contribution >= 4 is 193 Å². The van der Waals surface area contributed by atoms with Gasteiger partial charge in [0.05, 0.1) is 78.3 Å². The molecule has 9 rings (SSSR count). The minimum atomic E-state index is -2.34. The zero-order valence-corrected chi connectivity index (χ0v) is 73.3. The van der Waals surface area contributed by atoms with Crippen LogP contribution in [0.15, 0.2) is 97.1 Å². The monoisotopic (exact) mass is 2090 g/mol. The van der Waals surface area contributed by atoms with E-state index in [1.807, 2.05) is 0 Å². The maximum Gasteiger partial charge on any atom is 0.513 e. The van der Waals surface area contributed by atoms with Crippen molar-refractivity contribution < 1.29 is 190 Å². The van der Waals surface area contributed by atoms with E-state index in [4.69, 9.17) is 121 Å². The van der Waals surface area contributed by atoms with Crippen LogP contribution < -0.4 is 47.9 Å². The lowest BCUT2D eigenvalue weighted by atomic mass is 10.2. The molecule has 9 aromatic rings. The number of nitrogens with one attached hydrogen (secondary N) is 1. The van der Waals surface area contributed by atoms with Crippen molar-refractivity contribution in [2.24, 2.45) is 0 Å². The molecule has 0 fully saturated rings. The van der Waals surface area contributed by atoms with E-state index in [1.165, 1.54) is 119 Å². The smallest absolute Gasteiger partial charge is 0.437 e. The Kier molecular flexibility index (Phi) is 49.2. The molecule has 0 atom stereocenters. The molecule has 35 nitrogen and oxygen atoms in total. The number of nitro groups is 4. The molecule has 1 amide bonds. The van der Waals surface area contributed by atoms with E-state index in [0.29, 0.717) is 5.75 Å². The Balaban J connectivity index is 0.000000743. The fourth-order valence-electron chi connectivity index (χ4n) is 7.30. The molecule has 0 aromatic heterocycles. The van der Waals surface area contributed by atoms with Crippen molar-refractivity contribution in [1.82, 2.24) is 5.32 Å². The van der Waals surface area contributed by atoms with Gasteiger partial charge in [-0.1, -0.05) is 140 Å². The molecule has 1 N–H and O–H groups in total. The SMILES string of the molecule is CC(=O)Oc1c(Cl)c(Cl)c(Cl)c(Cl)c1Cl.CC(=O)Oc1c(F)c(F)c(F)c(F)c1F.CC(=O)Oc1ccc([N+](=O)[O-])cc1.CC(=O)Oc1ccccc1[N+](=O)[O-].CNC(=O)Oc1c(F)c(F)c(F)c(F)c1F.COC(=O)Oc1c(Cl)c(Cl)c(Cl)c(Cl)c1Cl.COC(=O)Oc1c(F)c(F)c(F)c(F)c1F.COC(=O)Oc1ccc([N+](=O)[O-])cc1.COC(=O)Oc1ccccc1[N+](=O)[O-]. The number of nitrogens with zero attached hydrogens (tertiary/aromatic N) is 4. The number of para-hydroxylation sites is 4. The van der Waals surface area contributed by atoms with Crippen molar-refractivity contribution in [2.75, 3.05) is 35.5 Å². The van der Waals surface area contributed by atoms with Crippen molar-refractivity contribution in [1.29, 1.82) is 0 Å². The number of nitro benzene ring substituents is 4. The summed E-state index contributed by atoms with van der Waals surface area (Å²) in [5.74, 6) is -41.1. The molecule has 0 aliphatic heterocycles. The number of ether oxygens (including phenoxy) is 13. The van der Waals surface area contributed by atoms with Crippen LogP contribution in [0.5, 0.6) is 51.7 Å². The molecule has 0 unspecified atom stereocenters. The lowest BCUT2D eigenvalue weighted by Crippen LogP contribution is -2.23. The van der Waals surface area contributed by atoms with Crippen LogP contribution in [0.4, 0.5) is 113 Å². The fraction of sp³-hybridized carbons (Fsp3) is 0.125. The van der Waals surface area contributed by atoms with Crippen LogP contribution in [0.1, 0.15) is 27.7 Å². The first-order valence-electron chi connectivity index (χ1n) is 32.6. The number of hydrogen-bond donors (Lipinski definition) is 1. The molecule has 0 saturated carbocycles. The third kappa shape index (κ3) is 35.2. The molecule has 0 heterocycles. The number of benzene rings is 9. The molecule has 0 bridgehead atoms. The second-order valence-electron chi connectivity index (χ2n) is 21.7. The second kappa shape index (κ2) is 55.6. The van der Waals surface area contributed by atoms with Gasteiger partial charge in [-0.05, 0) is 36.4 Å². The van der Waals surface area contributed by atoms with Crippen LogP contribution in [0.3, 0.4) is 0 Å². The van der Waals surface area contributed by atoms with Crippen LogP contribution in [0, 0.1) is 128 Å². The van der Waals surface area contributed by atoms with Gasteiger partial charge in [0.25, 0.3) is 11.4 Å². The maximum absolute atomic E-state index is 12.9. The van der Waals surface area contributed by atoms with Gasteiger partial charge in [0.1, 0.15) is 31.6 Å². The summed E-state index contributed by atoms with van der Waals surface area (Å²) in [6, 6.07) is 21.7. The van der Waals surface area contributed by atoms with Gasteiger partial charge < -0.3 is 66.9 Å². The quantitative estimate of drug-likeness (QED) is 0.0129. The normalized spacial score (nSPS) is 9.80. The van der Waals surface area contributed by atoms with Crippen LogP contribution >= 0.6 is 116 Å². The number of esters is 4. The van der Waals surface area contributed by atoms with Gasteiger partial charge >= 0.3 is 66.0 Å². The van der Waals surface area contributed by atoms with Gasteiger partial charge in [0.2, 0.25) is 116 Å². The zero-order valence-electron chi connectivity index (χ0n) is 65.7. The molecule has 60 heteroatoms. The lowest BCUT2D eigenvalue weighted by molar-refractivity contribution is -0.385. The molecule has 132 heavy (non-hydrogen) atoms. The van der Waals surface area contributed by atoms with Crippen molar-refractivity contribution in [3.8, 4) is 51.7 Å². The van der Waals surface area contributed by atoms with Crippen LogP contribution in [0.25, 0.3) is 0 Å². The number of methoxy groups -OCH3 is 4. The highest BCUT2D eigenvalue weighted by atomic mass is 35.5. The maximum atomic E-state index is 12.9. The van der Waals surface area contributed by atoms with Crippen molar-refractivity contribution in [2.45, 2.75) is 27.7 Å². The molecular formula is C72H44Cl10F15N5O30. The summed E-state index contributed by atoms with van der Waals surface area (Å²) < 4.78 is 246. The van der Waals surface area contributed by atoms with E-state index in [-0.39, 0.29) is 102 Å². The molecular weight excluding hydrogens is 2050 g/mol. The topological polar surface area (TPSA) is 458 Å². The van der Waals surface area contributed by atoms with Crippen molar-refractivity contribution in [3.63, 3.8) is 0 Å². The summed E-state index contributed by atoms with van der Waals surface area (Å²) in [6.07, 6.45) is -5.82. The van der Waals surface area contributed by atoms with Crippen LogP contribution in [-0.2, 0) is 38.1 Å². The molecule has 0 saturated heterocycles. The number of non-ortho nitro benzene ring substituents is 2. The Hall–Kier alpha value is -13.3. The number of amides is 1. The minimum absolute atomic E-state index is 0.0102. The molecule has 9 aromatic carbocycles. The Bertz CT molecular complexity index is 5410. The Labute approximate surface area is 774 Å². The van der Waals surface area contributed by atoms with Gasteiger partial charge in [-0.15, -0.1) is 0 Å². The summed E-state index contributed by atoms with van der Waals surface area (Å²) >= 11 is 57.6. The third-order valence-corrected chi connectivity index (χ3v) is 17.4. The van der Waals surface area contributed by atoms with E-state index in [2.05, 4.69) is 56.8 Å². The molecule has 0 aliphatic carbocycles. The zero-order chi connectivity index (χ0) is 102. The summed E-state index contributed by atoms with van der Waals surface area (Å²) in [7, 11) is 5.27. The van der Waals surface area contributed by atoms with Gasteiger partial charge in [-0.3, -0.25) is 59.6 Å². The molecule has 0 spiro atoms. The molecule has 0 aliphatic rings. The summed E-state index contributed by atoms with van der Waals surface area (Å²) in [6.45, 7) is 4.42. The molecule has 712 valence electrons. The third-order valence-electron chi connectivity index (χ3n) is 12.9. The number of rotatable bonds is 13. The number of carbonyl (C=O) groups excluding carboxylic acids is 9. The van der Waals surface area contributed by atoms with E-state index in [1.54, 1.807) is 11.4 Å². The predicted octanol–water partition coefficient (Wildman–Crippen LogP) is 23.4. The highest BCUT2D eigenvalue weighted by Gasteiger charge is 2.33. The van der Waals surface area contributed by atoms with E-state index in [0.717, 1.165) is 35.3 Å². The van der Waals surface area contributed by atoms with E-state index >= 15 is 0 Å². The summed E-state index contributed by atoms with van der Waals surface area (Å²) in [4.78, 5) is 134. The Morgan fingerprint density at radius 1 is 0.265 bits per heavy atom. The van der Waals surface area contributed by atoms with Crippen LogP contribution in [-0.4, -0.2) is 110 Å². The molecule has 0 radical (unpaired) electrons. The summed E-state index contributed by atoms with van der Waals surface area (Å²) in [5.41, 5.74) is -0.589. The predicted molar refractivity (Wildman–Crippen MR) is 427 cm³/mol. The first-order valence-corrected chi connectivity index (χ1v) is 36.4. The first-order chi connectivity index (χ1) is 61.4.